The van der Waals surface area contributed by atoms with Crippen molar-refractivity contribution in [1.29, 1.82) is 0 Å². The van der Waals surface area contributed by atoms with Gasteiger partial charge in [-0.25, -0.2) is 0 Å². The minimum Gasteiger partial charge on any atom is -0.144 e. The van der Waals surface area contributed by atoms with Crippen LogP contribution in [0.5, 0.6) is 0 Å². The fraction of sp³-hybridized carbons (Fsp3) is 0.0250. The van der Waals surface area contributed by atoms with Crippen molar-refractivity contribution in [3.05, 3.63) is 212 Å². The van der Waals surface area contributed by atoms with Crippen LogP contribution in [0.15, 0.2) is 203 Å². The first-order chi connectivity index (χ1) is 45.2. The zero-order chi connectivity index (χ0) is 59.9. The average Bonchev–Trinajstić information content (AvgIpc) is 1.59. The second kappa shape index (κ2) is 19.8. The minimum absolute atomic E-state index is 0.502. The Balaban J connectivity index is 0.0000000906. The molecule has 0 spiro atoms. The van der Waals surface area contributed by atoms with Crippen LogP contribution in [0.2, 0.25) is 0 Å². The van der Waals surface area contributed by atoms with E-state index in [1.165, 1.54) is 223 Å². The van der Waals surface area contributed by atoms with Gasteiger partial charge in [-0.1, -0.05) is 0 Å². The molecule has 0 aliphatic rings. The topological polar surface area (TPSA) is 0 Å². The van der Waals surface area contributed by atoms with Gasteiger partial charge in [0.25, 0.3) is 0 Å². The Morgan fingerprint density at radius 3 is 0.793 bits per heavy atom. The van der Waals surface area contributed by atoms with Gasteiger partial charge in [-0.2, -0.15) is 0 Å². The number of rotatable bonds is 0. The van der Waals surface area contributed by atoms with Crippen molar-refractivity contribution < 1.29 is 0 Å². The van der Waals surface area contributed by atoms with Crippen LogP contribution in [0, 0.1) is 13.8 Å². The molecule has 0 saturated carbocycles. The summed E-state index contributed by atoms with van der Waals surface area (Å²) in [6.07, 6.45) is 0. The van der Waals surface area contributed by atoms with Crippen molar-refractivity contribution in [3.8, 4) is 0 Å². The molecule has 0 unspecified atom stereocenters. The normalized spacial score (nSPS) is 12.7. The van der Waals surface area contributed by atoms with Crippen LogP contribution in [-0.2, 0) is 0 Å². The van der Waals surface area contributed by atoms with Gasteiger partial charge >= 0.3 is 193 Å². The molecule has 0 radical (unpaired) electrons. The summed E-state index contributed by atoms with van der Waals surface area (Å²) >= 11 is 20.2. The first-order valence-corrected chi connectivity index (χ1v) is 42.3. The molecule has 0 atom stereocenters. The minimum atomic E-state index is 0.502. The molecule has 92 heavy (non-hydrogen) atoms. The summed E-state index contributed by atoms with van der Waals surface area (Å²) in [5, 5.41) is 37.4. The van der Waals surface area contributed by atoms with Crippen LogP contribution < -0.4 is 0 Å². The molecule has 12 heteroatoms. The van der Waals surface area contributed by atoms with E-state index in [2.05, 4.69) is 216 Å². The Labute approximate surface area is 575 Å². The van der Waals surface area contributed by atoms with Gasteiger partial charge in [0, 0.05) is 68.9 Å². The first kappa shape index (κ1) is 53.5. The van der Waals surface area contributed by atoms with Crippen molar-refractivity contribution in [1.82, 2.24) is 0 Å². The maximum Gasteiger partial charge on any atom is 0.0542 e. The van der Waals surface area contributed by atoms with Crippen molar-refractivity contribution in [3.63, 3.8) is 0 Å². The molecule has 0 saturated heterocycles. The van der Waals surface area contributed by atoms with E-state index >= 15 is 0 Å². The predicted octanol–water partition coefficient (Wildman–Crippen LogP) is 28.6. The van der Waals surface area contributed by atoms with E-state index in [1.54, 1.807) is 0 Å². The summed E-state index contributed by atoms with van der Waals surface area (Å²) < 4.78 is 25.7. The van der Waals surface area contributed by atoms with Gasteiger partial charge in [-0.15, -0.1) is 90.7 Å². The SMILES string of the molecule is Cc1cc2cc3cc4c(cc3cc2s1)sc1c2cc3cc5cc(C)sc5cc3cc2sc41.c1cc2cc3cc4c(cc3cc2[se]1)sc1c2cc3cc5cc[se]c5cc3cc2sc41.c1cc2cc3cc4c(cc3cc2s1)sc1c2cc3cc5ccsc5cc3cc2sc41. The van der Waals surface area contributed by atoms with E-state index in [1.807, 2.05) is 113 Å². The third-order valence-electron chi connectivity index (χ3n) is 18.8. The number of benzene rings is 12. The molecule has 0 aliphatic heterocycles. The Bertz CT molecular complexity index is 6640. The van der Waals surface area contributed by atoms with E-state index < -0.39 is 0 Å². The summed E-state index contributed by atoms with van der Waals surface area (Å²) in [6, 6.07) is 71.1. The van der Waals surface area contributed by atoms with E-state index in [4.69, 9.17) is 0 Å². The van der Waals surface area contributed by atoms with Crippen molar-refractivity contribution in [2.45, 2.75) is 13.8 Å². The quantitative estimate of drug-likeness (QED) is 0.133. The number of hydrogen-bond donors (Lipinski definition) is 0. The zero-order valence-electron chi connectivity index (χ0n) is 48.5. The molecule has 0 nitrogen and oxygen atoms in total. The monoisotopic (exact) mass is 1480 g/mol. The Morgan fingerprint density at radius 1 is 0.207 bits per heavy atom. The van der Waals surface area contributed by atoms with E-state index in [0.29, 0.717) is 29.0 Å². The molecule has 432 valence electrons. The molecule has 0 aliphatic carbocycles. The summed E-state index contributed by atoms with van der Waals surface area (Å²) in [6.45, 7) is 4.40. The molecular formula is C80H40S10Se2. The second-order valence-electron chi connectivity index (χ2n) is 24.5. The van der Waals surface area contributed by atoms with E-state index in [-0.39, 0.29) is 0 Å². The third-order valence-corrected chi connectivity index (χ3v) is 33.8. The second-order valence-corrected chi connectivity index (χ2v) is 39.3. The van der Waals surface area contributed by atoms with Gasteiger partial charge in [-0.3, -0.25) is 0 Å². The van der Waals surface area contributed by atoms with Crippen LogP contribution in [-0.4, -0.2) is 29.0 Å². The summed E-state index contributed by atoms with van der Waals surface area (Å²) in [7, 11) is 0. The maximum atomic E-state index is 2.43. The number of thiophene rings is 10. The van der Waals surface area contributed by atoms with Crippen molar-refractivity contribution in [2.75, 3.05) is 0 Å². The summed E-state index contributed by atoms with van der Waals surface area (Å²) in [5.41, 5.74) is 0. The van der Waals surface area contributed by atoms with Crippen LogP contribution in [0.25, 0.3) is 213 Å². The molecule has 24 aromatic rings. The van der Waals surface area contributed by atoms with Gasteiger partial charge in [-0.05, 0) is 211 Å². The zero-order valence-corrected chi connectivity index (χ0v) is 60.1. The largest absolute Gasteiger partial charge is 0.144 e. The van der Waals surface area contributed by atoms with E-state index in [9.17, 15) is 0 Å². The standard InChI is InChI=1S/C28H16S4.C26H12S4.C26H12S2Se2/c1-13-3-19-5-15-7-21-25(11-17(15)9-23(19)29-13)31-28-22-8-16-6-20-4-14(2)30-24(20)10-18(16)12-26(22)32-27(21)28;1-3-27-21-9-17-11-23-19(7-15(17)5-13(1)21)25-26(29-23)20-8-16-6-14-2-4-28-22(14)10-18(16)12-24(20)30-25;1-3-29-23-11-17-9-21-19(7-15(17)5-13(1)23)25-26(27-21)20-8-16-6-14-2-4-30-24(14)12-18(16)10-22(20)28-25/h3-12H,1-2H3;2*1-12H. The van der Waals surface area contributed by atoms with Crippen LogP contribution in [0.3, 0.4) is 0 Å². The van der Waals surface area contributed by atoms with E-state index in [0.717, 1.165) is 0 Å². The molecule has 0 fully saturated rings. The molecule has 12 heterocycles. The first-order valence-electron chi connectivity index (χ1n) is 30.3. The summed E-state index contributed by atoms with van der Waals surface area (Å²) in [4.78, 5) is 7.43. The Morgan fingerprint density at radius 2 is 0.467 bits per heavy atom. The fourth-order valence-electron chi connectivity index (χ4n) is 14.4. The van der Waals surface area contributed by atoms with Crippen molar-refractivity contribution >= 4 is 355 Å². The Kier molecular flexibility index (Phi) is 11.5. The molecular weight excluding hydrogens is 1440 g/mol. The maximum absolute atomic E-state index is 2.43. The third kappa shape index (κ3) is 8.22. The predicted molar refractivity (Wildman–Crippen MR) is 429 cm³/mol. The number of fused-ring (bicyclic) bond motifs is 27. The van der Waals surface area contributed by atoms with Gasteiger partial charge < -0.3 is 0 Å². The molecule has 24 rings (SSSR count). The molecule has 0 N–H and O–H groups in total. The fourth-order valence-corrected chi connectivity index (χ4v) is 29.5. The molecule has 0 bridgehead atoms. The number of aryl methyl sites for hydroxylation is 2. The van der Waals surface area contributed by atoms with Gasteiger partial charge in [0.1, 0.15) is 0 Å². The van der Waals surface area contributed by atoms with Crippen LogP contribution in [0.4, 0.5) is 0 Å². The van der Waals surface area contributed by atoms with Crippen LogP contribution >= 0.6 is 113 Å². The van der Waals surface area contributed by atoms with Gasteiger partial charge in [0.2, 0.25) is 0 Å². The van der Waals surface area contributed by atoms with Crippen molar-refractivity contribution in [2.24, 2.45) is 0 Å². The smallest absolute Gasteiger partial charge is 0.0542 e. The molecule has 0 amide bonds. The average molecular weight is 1480 g/mol. The summed E-state index contributed by atoms with van der Waals surface area (Å²) in [5.74, 6) is 0. The number of hydrogen-bond acceptors (Lipinski definition) is 10. The molecule has 12 aromatic heterocycles. The van der Waals surface area contributed by atoms with Crippen LogP contribution in [0.1, 0.15) is 9.75 Å². The van der Waals surface area contributed by atoms with Gasteiger partial charge in [0.15, 0.2) is 0 Å². The molecule has 12 aromatic carbocycles. The van der Waals surface area contributed by atoms with Gasteiger partial charge in [0.05, 0.1) is 18.8 Å². The Hall–Kier alpha value is -6.90.